The molecule has 0 aromatic heterocycles. The van der Waals surface area contributed by atoms with Crippen molar-refractivity contribution in [2.75, 3.05) is 19.6 Å². The summed E-state index contributed by atoms with van der Waals surface area (Å²) >= 11 is 0. The van der Waals surface area contributed by atoms with Gasteiger partial charge in [0.1, 0.15) is 0 Å². The van der Waals surface area contributed by atoms with E-state index in [1.165, 1.54) is 5.57 Å². The van der Waals surface area contributed by atoms with E-state index in [0.29, 0.717) is 6.04 Å². The minimum Gasteiger partial charge on any atom is -0.327 e. The number of nitrogens with zero attached hydrogens (tertiary/aromatic N) is 1. The van der Waals surface area contributed by atoms with Crippen molar-refractivity contribution < 1.29 is 0 Å². The summed E-state index contributed by atoms with van der Waals surface area (Å²) in [6, 6.07) is 0.307. The zero-order valence-corrected chi connectivity index (χ0v) is 7.34. The fraction of sp³-hybridized carbons (Fsp3) is 0.778. The second-order valence-corrected chi connectivity index (χ2v) is 3.53. The quantitative estimate of drug-likeness (QED) is 0.601. The van der Waals surface area contributed by atoms with E-state index < -0.39 is 0 Å². The Bertz CT molecular complexity index is 130. The highest BCUT2D eigenvalue weighted by Gasteiger charge is 2.12. The van der Waals surface area contributed by atoms with Gasteiger partial charge in [-0.1, -0.05) is 12.2 Å². The van der Waals surface area contributed by atoms with Gasteiger partial charge in [-0.3, -0.25) is 0 Å². The van der Waals surface area contributed by atoms with Gasteiger partial charge in [0.05, 0.1) is 0 Å². The largest absolute Gasteiger partial charge is 0.327 e. The first kappa shape index (κ1) is 8.75. The summed E-state index contributed by atoms with van der Waals surface area (Å²) < 4.78 is 0. The van der Waals surface area contributed by atoms with E-state index >= 15 is 0 Å². The van der Waals surface area contributed by atoms with Crippen LogP contribution in [0.2, 0.25) is 0 Å². The van der Waals surface area contributed by atoms with E-state index in [2.05, 4.69) is 18.4 Å². The SMILES string of the molecule is C=C1CCN(CC(C)N)CC1. The maximum atomic E-state index is 5.69. The fourth-order valence-electron chi connectivity index (χ4n) is 1.46. The number of hydrogen-bond donors (Lipinski definition) is 1. The van der Waals surface area contributed by atoms with Crippen LogP contribution in [0.1, 0.15) is 19.8 Å². The van der Waals surface area contributed by atoms with E-state index in [4.69, 9.17) is 5.73 Å². The molecule has 1 aliphatic rings. The molecular weight excluding hydrogens is 136 g/mol. The fourth-order valence-corrected chi connectivity index (χ4v) is 1.46. The van der Waals surface area contributed by atoms with Crippen molar-refractivity contribution in [3.63, 3.8) is 0 Å². The third-order valence-electron chi connectivity index (χ3n) is 2.11. The Balaban J connectivity index is 2.22. The van der Waals surface area contributed by atoms with Crippen LogP contribution in [0.25, 0.3) is 0 Å². The van der Waals surface area contributed by atoms with Crippen LogP contribution in [0.15, 0.2) is 12.2 Å². The molecule has 0 aromatic carbocycles. The first-order valence-electron chi connectivity index (χ1n) is 4.33. The van der Waals surface area contributed by atoms with Gasteiger partial charge in [0.2, 0.25) is 0 Å². The van der Waals surface area contributed by atoms with E-state index in [-0.39, 0.29) is 0 Å². The van der Waals surface area contributed by atoms with Crippen LogP contribution in [0.3, 0.4) is 0 Å². The van der Waals surface area contributed by atoms with Crippen molar-refractivity contribution >= 4 is 0 Å². The summed E-state index contributed by atoms with van der Waals surface area (Å²) in [5.74, 6) is 0. The summed E-state index contributed by atoms with van der Waals surface area (Å²) in [5, 5.41) is 0. The third kappa shape index (κ3) is 3.04. The molecule has 0 bridgehead atoms. The van der Waals surface area contributed by atoms with E-state index in [9.17, 15) is 0 Å². The molecule has 0 aliphatic carbocycles. The van der Waals surface area contributed by atoms with Gasteiger partial charge in [0, 0.05) is 25.7 Å². The molecule has 2 nitrogen and oxygen atoms in total. The van der Waals surface area contributed by atoms with Gasteiger partial charge in [-0.25, -0.2) is 0 Å². The van der Waals surface area contributed by atoms with Crippen LogP contribution in [0.4, 0.5) is 0 Å². The second-order valence-electron chi connectivity index (χ2n) is 3.53. The van der Waals surface area contributed by atoms with Gasteiger partial charge < -0.3 is 10.6 Å². The van der Waals surface area contributed by atoms with Crippen LogP contribution in [-0.4, -0.2) is 30.6 Å². The average molecular weight is 154 g/mol. The predicted molar refractivity (Wildman–Crippen MR) is 48.5 cm³/mol. The zero-order valence-electron chi connectivity index (χ0n) is 7.34. The Morgan fingerprint density at radius 2 is 2.09 bits per heavy atom. The van der Waals surface area contributed by atoms with Crippen LogP contribution >= 0.6 is 0 Å². The highest BCUT2D eigenvalue weighted by Crippen LogP contribution is 2.13. The lowest BCUT2D eigenvalue weighted by Gasteiger charge is -2.28. The van der Waals surface area contributed by atoms with Crippen molar-refractivity contribution in [3.05, 3.63) is 12.2 Å². The van der Waals surface area contributed by atoms with Crippen molar-refractivity contribution in [1.29, 1.82) is 0 Å². The van der Waals surface area contributed by atoms with Gasteiger partial charge in [-0.2, -0.15) is 0 Å². The van der Waals surface area contributed by atoms with Crippen LogP contribution < -0.4 is 5.73 Å². The molecule has 2 heteroatoms. The van der Waals surface area contributed by atoms with Crippen molar-refractivity contribution in [3.8, 4) is 0 Å². The minimum absolute atomic E-state index is 0.307. The molecule has 1 saturated heterocycles. The number of rotatable bonds is 2. The van der Waals surface area contributed by atoms with Crippen LogP contribution in [0, 0.1) is 0 Å². The standard InChI is InChI=1S/C9H18N2/c1-8-3-5-11(6-4-8)7-9(2)10/h9H,1,3-7,10H2,2H3. The van der Waals surface area contributed by atoms with Gasteiger partial charge in [0.15, 0.2) is 0 Å². The first-order valence-corrected chi connectivity index (χ1v) is 4.33. The number of likely N-dealkylation sites (tertiary alicyclic amines) is 1. The molecule has 1 unspecified atom stereocenters. The summed E-state index contributed by atoms with van der Waals surface area (Å²) in [6.45, 7) is 9.37. The minimum atomic E-state index is 0.307. The molecule has 64 valence electrons. The predicted octanol–water partition coefficient (Wildman–Crippen LogP) is 0.986. The Morgan fingerprint density at radius 3 is 2.55 bits per heavy atom. The molecule has 1 fully saturated rings. The molecule has 1 aliphatic heterocycles. The zero-order chi connectivity index (χ0) is 8.27. The molecule has 1 atom stereocenters. The highest BCUT2D eigenvalue weighted by molar-refractivity contribution is 4.98. The van der Waals surface area contributed by atoms with E-state index in [1.807, 2.05) is 0 Å². The number of nitrogens with two attached hydrogens (primary N) is 1. The van der Waals surface area contributed by atoms with Crippen molar-refractivity contribution in [1.82, 2.24) is 4.90 Å². The molecule has 11 heavy (non-hydrogen) atoms. The molecule has 1 heterocycles. The summed E-state index contributed by atoms with van der Waals surface area (Å²) in [5.41, 5.74) is 7.09. The van der Waals surface area contributed by atoms with Crippen molar-refractivity contribution in [2.24, 2.45) is 5.73 Å². The number of piperidine rings is 1. The lowest BCUT2D eigenvalue weighted by atomic mass is 10.1. The summed E-state index contributed by atoms with van der Waals surface area (Å²) in [6.07, 6.45) is 2.32. The maximum absolute atomic E-state index is 5.69. The van der Waals surface area contributed by atoms with Gasteiger partial charge in [-0.15, -0.1) is 0 Å². The molecule has 1 rings (SSSR count). The van der Waals surface area contributed by atoms with Gasteiger partial charge in [-0.05, 0) is 19.8 Å². The van der Waals surface area contributed by atoms with Gasteiger partial charge in [0.25, 0.3) is 0 Å². The Hall–Kier alpha value is -0.340. The molecule has 0 radical (unpaired) electrons. The summed E-state index contributed by atoms with van der Waals surface area (Å²) in [4.78, 5) is 2.42. The third-order valence-corrected chi connectivity index (χ3v) is 2.11. The topological polar surface area (TPSA) is 29.3 Å². The molecule has 2 N–H and O–H groups in total. The second kappa shape index (κ2) is 3.88. The average Bonchev–Trinajstić information content (AvgIpc) is 1.93. The monoisotopic (exact) mass is 154 g/mol. The van der Waals surface area contributed by atoms with Crippen LogP contribution in [0.5, 0.6) is 0 Å². The lowest BCUT2D eigenvalue weighted by molar-refractivity contribution is 0.245. The Morgan fingerprint density at radius 1 is 1.55 bits per heavy atom. The lowest BCUT2D eigenvalue weighted by Crippen LogP contribution is -2.39. The number of hydrogen-bond acceptors (Lipinski definition) is 2. The van der Waals surface area contributed by atoms with E-state index in [1.54, 1.807) is 0 Å². The van der Waals surface area contributed by atoms with E-state index in [0.717, 1.165) is 32.5 Å². The summed E-state index contributed by atoms with van der Waals surface area (Å²) in [7, 11) is 0. The Kier molecular flexibility index (Phi) is 3.09. The normalized spacial score (nSPS) is 23.6. The molecule has 0 saturated carbocycles. The highest BCUT2D eigenvalue weighted by atomic mass is 15.1. The van der Waals surface area contributed by atoms with Crippen LogP contribution in [-0.2, 0) is 0 Å². The van der Waals surface area contributed by atoms with Gasteiger partial charge >= 0.3 is 0 Å². The Labute approximate surface area is 69.1 Å². The first-order chi connectivity index (χ1) is 5.18. The van der Waals surface area contributed by atoms with Crippen molar-refractivity contribution in [2.45, 2.75) is 25.8 Å². The smallest absolute Gasteiger partial charge is 0.0139 e. The molecule has 0 amide bonds. The molecule has 0 aromatic rings. The molecular formula is C9H18N2. The maximum Gasteiger partial charge on any atom is 0.0139 e. The molecule has 0 spiro atoms.